The summed E-state index contributed by atoms with van der Waals surface area (Å²) in [6.07, 6.45) is 1.73. The molecule has 9 heteroatoms. The van der Waals surface area contributed by atoms with E-state index in [1.54, 1.807) is 31.2 Å². The highest BCUT2D eigenvalue weighted by molar-refractivity contribution is 6.31. The number of hydrogen-bond acceptors (Lipinski definition) is 6. The number of carbonyl (C=O) groups is 2. The second-order valence-electron chi connectivity index (χ2n) is 5.01. The molecular formula is C16H15ClN4O4. The number of benzene rings is 1. The molecule has 0 unspecified atom stereocenters. The van der Waals surface area contributed by atoms with Crippen molar-refractivity contribution in [1.29, 1.82) is 0 Å². The van der Waals surface area contributed by atoms with Gasteiger partial charge in [0.05, 0.1) is 19.3 Å². The normalized spacial score (nSPS) is 11.2. The number of carboxylic acids is 1. The monoisotopic (exact) mass is 362 g/mol. The predicted octanol–water partition coefficient (Wildman–Crippen LogP) is 2.74. The smallest absolute Gasteiger partial charge is 0.361 e. The van der Waals surface area contributed by atoms with Crippen LogP contribution in [0.5, 0.6) is 0 Å². The molecule has 0 amide bonds. The van der Waals surface area contributed by atoms with Crippen LogP contribution in [-0.2, 0) is 11.3 Å². The van der Waals surface area contributed by atoms with E-state index >= 15 is 0 Å². The van der Waals surface area contributed by atoms with Gasteiger partial charge in [0.15, 0.2) is 0 Å². The van der Waals surface area contributed by atoms with E-state index in [9.17, 15) is 9.59 Å². The van der Waals surface area contributed by atoms with Gasteiger partial charge < -0.3 is 9.84 Å². The molecule has 25 heavy (non-hydrogen) atoms. The Morgan fingerprint density at radius 2 is 2.08 bits per heavy atom. The van der Waals surface area contributed by atoms with Gasteiger partial charge in [0, 0.05) is 10.6 Å². The summed E-state index contributed by atoms with van der Waals surface area (Å²) in [6.45, 7) is 5.39. The van der Waals surface area contributed by atoms with Gasteiger partial charge in [0.25, 0.3) is 0 Å². The van der Waals surface area contributed by atoms with E-state index in [0.717, 1.165) is 23.0 Å². The number of ether oxygens (including phenoxy) is 1. The highest BCUT2D eigenvalue weighted by Gasteiger charge is 2.24. The molecular weight excluding hydrogens is 348 g/mol. The summed E-state index contributed by atoms with van der Waals surface area (Å²) >= 11 is 5.92. The first-order valence-corrected chi connectivity index (χ1v) is 7.43. The maximum absolute atomic E-state index is 11.6. The van der Waals surface area contributed by atoms with Crippen LogP contribution in [0.4, 0.5) is 5.69 Å². The molecule has 0 radical (unpaired) electrons. The second kappa shape index (κ2) is 7.71. The van der Waals surface area contributed by atoms with Crippen molar-refractivity contribution in [2.75, 3.05) is 7.11 Å². The van der Waals surface area contributed by atoms with Crippen LogP contribution in [0, 0.1) is 0 Å². The SMILES string of the molecule is C=Nc1ccc(Cn2nc(C(=O)O)c(C(=O)OC)n2)cc1/C=C(\C)Cl. The molecule has 0 saturated heterocycles. The Bertz CT molecular complexity index is 869. The zero-order chi connectivity index (χ0) is 18.6. The highest BCUT2D eigenvalue weighted by atomic mass is 35.5. The molecule has 8 nitrogen and oxygen atoms in total. The second-order valence-corrected chi connectivity index (χ2v) is 5.60. The summed E-state index contributed by atoms with van der Waals surface area (Å²) in [5, 5.41) is 17.4. The topological polar surface area (TPSA) is 107 Å². The largest absolute Gasteiger partial charge is 0.476 e. The summed E-state index contributed by atoms with van der Waals surface area (Å²) in [6, 6.07) is 5.32. The van der Waals surface area contributed by atoms with Crippen molar-refractivity contribution in [2.45, 2.75) is 13.5 Å². The average Bonchev–Trinajstić information content (AvgIpc) is 2.98. The van der Waals surface area contributed by atoms with E-state index in [0.29, 0.717) is 10.7 Å². The minimum absolute atomic E-state index is 0.150. The summed E-state index contributed by atoms with van der Waals surface area (Å²) < 4.78 is 4.52. The lowest BCUT2D eigenvalue weighted by molar-refractivity contribution is 0.0575. The van der Waals surface area contributed by atoms with Gasteiger partial charge in [-0.25, -0.2) is 9.59 Å². The Morgan fingerprint density at radius 1 is 1.40 bits per heavy atom. The maximum atomic E-state index is 11.6. The molecule has 130 valence electrons. The molecule has 1 heterocycles. The Kier molecular flexibility index (Phi) is 5.66. The Morgan fingerprint density at radius 3 is 2.64 bits per heavy atom. The number of rotatable bonds is 6. The number of hydrogen-bond donors (Lipinski definition) is 1. The molecule has 2 rings (SSSR count). The van der Waals surface area contributed by atoms with Crippen LogP contribution in [0.1, 0.15) is 39.0 Å². The molecule has 0 aliphatic carbocycles. The minimum Gasteiger partial charge on any atom is -0.476 e. The quantitative estimate of drug-likeness (QED) is 0.625. The van der Waals surface area contributed by atoms with Gasteiger partial charge in [-0.05, 0) is 37.4 Å². The van der Waals surface area contributed by atoms with E-state index < -0.39 is 17.6 Å². The molecule has 1 N–H and O–H groups in total. The van der Waals surface area contributed by atoms with Crippen molar-refractivity contribution in [3.63, 3.8) is 0 Å². The van der Waals surface area contributed by atoms with Gasteiger partial charge in [0.2, 0.25) is 11.4 Å². The number of aliphatic imine (C=N–C) groups is 1. The standard InChI is InChI=1S/C16H15ClN4O4/c1-9(17)6-11-7-10(4-5-12(11)18-2)8-21-19-13(15(22)23)14(20-21)16(24)25-3/h4-7H,2,8H2,1,3H3,(H,22,23)/b9-6+. The number of esters is 1. The molecule has 0 fully saturated rings. The van der Waals surface area contributed by atoms with Crippen molar-refractivity contribution in [2.24, 2.45) is 4.99 Å². The first kappa shape index (κ1) is 18.3. The zero-order valence-electron chi connectivity index (χ0n) is 13.6. The number of aromatic carboxylic acids is 1. The zero-order valence-corrected chi connectivity index (χ0v) is 14.3. The first-order valence-electron chi connectivity index (χ1n) is 7.06. The van der Waals surface area contributed by atoms with Crippen LogP contribution < -0.4 is 0 Å². The number of methoxy groups -OCH3 is 1. The molecule has 0 spiro atoms. The third kappa shape index (κ3) is 4.30. The van der Waals surface area contributed by atoms with Gasteiger partial charge >= 0.3 is 11.9 Å². The fourth-order valence-electron chi connectivity index (χ4n) is 2.14. The minimum atomic E-state index is -1.36. The lowest BCUT2D eigenvalue weighted by Crippen LogP contribution is -2.09. The van der Waals surface area contributed by atoms with E-state index in [1.807, 2.05) is 0 Å². The summed E-state index contributed by atoms with van der Waals surface area (Å²) in [5.74, 6) is -2.23. The molecule has 1 aromatic heterocycles. The summed E-state index contributed by atoms with van der Waals surface area (Å²) in [5.41, 5.74) is 1.35. The average molecular weight is 363 g/mol. The van der Waals surface area contributed by atoms with Crippen molar-refractivity contribution in [1.82, 2.24) is 15.0 Å². The molecule has 2 aromatic rings. The summed E-state index contributed by atoms with van der Waals surface area (Å²) in [4.78, 5) is 27.9. The van der Waals surface area contributed by atoms with Gasteiger partial charge in [-0.15, -0.1) is 10.2 Å². The van der Waals surface area contributed by atoms with E-state index in [4.69, 9.17) is 16.7 Å². The third-order valence-electron chi connectivity index (χ3n) is 3.18. The van der Waals surface area contributed by atoms with Crippen molar-refractivity contribution in [3.8, 4) is 0 Å². The summed E-state index contributed by atoms with van der Waals surface area (Å²) in [7, 11) is 1.14. The van der Waals surface area contributed by atoms with Crippen molar-refractivity contribution in [3.05, 3.63) is 45.7 Å². The van der Waals surface area contributed by atoms with Gasteiger partial charge in [-0.3, -0.25) is 4.99 Å². The third-order valence-corrected chi connectivity index (χ3v) is 3.29. The van der Waals surface area contributed by atoms with Crippen LogP contribution in [-0.4, -0.2) is 45.9 Å². The number of carboxylic acid groups (broad SMARTS) is 1. The van der Waals surface area contributed by atoms with Crippen molar-refractivity contribution >= 4 is 42.0 Å². The number of allylic oxidation sites excluding steroid dienone is 1. The Labute approximate surface area is 148 Å². The van der Waals surface area contributed by atoms with E-state index in [2.05, 4.69) is 26.6 Å². The molecule has 0 atom stereocenters. The number of nitrogens with zero attached hydrogens (tertiary/aromatic N) is 4. The number of aromatic nitrogens is 3. The van der Waals surface area contributed by atoms with Crippen LogP contribution in [0.3, 0.4) is 0 Å². The maximum Gasteiger partial charge on any atom is 0.361 e. The van der Waals surface area contributed by atoms with Crippen LogP contribution in [0.2, 0.25) is 0 Å². The first-order chi connectivity index (χ1) is 11.8. The van der Waals surface area contributed by atoms with Gasteiger partial charge in [-0.2, -0.15) is 4.80 Å². The highest BCUT2D eigenvalue weighted by Crippen LogP contribution is 2.24. The van der Waals surface area contributed by atoms with Gasteiger partial charge in [-0.1, -0.05) is 17.7 Å². The Balaban J connectivity index is 2.40. The fourth-order valence-corrected chi connectivity index (χ4v) is 2.25. The Hall–Kier alpha value is -3.00. The van der Waals surface area contributed by atoms with Crippen LogP contribution >= 0.6 is 11.6 Å². The van der Waals surface area contributed by atoms with Crippen LogP contribution in [0.25, 0.3) is 6.08 Å². The lowest BCUT2D eigenvalue weighted by Gasteiger charge is -2.05. The van der Waals surface area contributed by atoms with Crippen molar-refractivity contribution < 1.29 is 19.4 Å². The molecule has 0 saturated carbocycles. The number of halogens is 1. The molecule has 0 bridgehead atoms. The molecule has 1 aromatic carbocycles. The number of carbonyl (C=O) groups excluding carboxylic acids is 1. The predicted molar refractivity (Wildman–Crippen MR) is 92.6 cm³/mol. The fraction of sp³-hybridized carbons (Fsp3) is 0.188. The van der Waals surface area contributed by atoms with E-state index in [1.165, 1.54) is 0 Å². The molecule has 0 aliphatic rings. The lowest BCUT2D eigenvalue weighted by atomic mass is 10.1. The van der Waals surface area contributed by atoms with Crippen LogP contribution in [0.15, 0.2) is 28.2 Å². The molecule has 0 aliphatic heterocycles. The van der Waals surface area contributed by atoms with Gasteiger partial charge in [0.1, 0.15) is 0 Å². The van der Waals surface area contributed by atoms with E-state index in [-0.39, 0.29) is 12.2 Å².